The van der Waals surface area contributed by atoms with Crippen LogP contribution < -0.4 is 10.6 Å². The maximum Gasteiger partial charge on any atom is 0.226 e. The molecule has 9 aliphatic rings. The maximum atomic E-state index is 13.6. The molecule has 4 heteroatoms. The van der Waals surface area contributed by atoms with Gasteiger partial charge in [0.05, 0.1) is 0 Å². The SMILES string of the molecule is O=C(NC1CCCCC(NC(=O)C23CC4CC(CC(C4)C2)C3)C1)C12CC3CC(CC(C3)C1)C2. The maximum absolute atomic E-state index is 13.6. The van der Waals surface area contributed by atoms with Gasteiger partial charge in [0.25, 0.3) is 0 Å². The zero-order chi connectivity index (χ0) is 22.2. The molecule has 0 aromatic carbocycles. The average molecular weight is 453 g/mol. The van der Waals surface area contributed by atoms with Crippen LogP contribution in [-0.4, -0.2) is 23.9 Å². The van der Waals surface area contributed by atoms with Gasteiger partial charge in [-0.3, -0.25) is 9.59 Å². The molecule has 0 heterocycles. The van der Waals surface area contributed by atoms with E-state index in [0.717, 1.165) is 93.3 Å². The van der Waals surface area contributed by atoms with Crippen molar-refractivity contribution in [2.45, 2.75) is 121 Å². The molecule has 9 rings (SSSR count). The third-order valence-corrected chi connectivity index (χ3v) is 11.6. The summed E-state index contributed by atoms with van der Waals surface area (Å²) < 4.78 is 0. The zero-order valence-corrected chi connectivity index (χ0v) is 20.5. The van der Waals surface area contributed by atoms with E-state index < -0.39 is 0 Å². The first-order valence-corrected chi connectivity index (χ1v) is 14.6. The summed E-state index contributed by atoms with van der Waals surface area (Å²) in [5.74, 6) is 5.60. The first kappa shape index (κ1) is 21.2. The van der Waals surface area contributed by atoms with Gasteiger partial charge >= 0.3 is 0 Å². The van der Waals surface area contributed by atoms with Crippen LogP contribution in [0.3, 0.4) is 0 Å². The minimum absolute atomic E-state index is 0.0566. The van der Waals surface area contributed by atoms with Crippen LogP contribution in [0.2, 0.25) is 0 Å². The first-order chi connectivity index (χ1) is 16.0. The lowest BCUT2D eigenvalue weighted by molar-refractivity contribution is -0.147. The summed E-state index contributed by atoms with van der Waals surface area (Å²) >= 11 is 0. The Kier molecular flexibility index (Phi) is 4.97. The zero-order valence-electron chi connectivity index (χ0n) is 20.5. The number of hydrogen-bond donors (Lipinski definition) is 2. The fourth-order valence-electron chi connectivity index (χ4n) is 11.1. The molecule has 2 atom stereocenters. The second-order valence-corrected chi connectivity index (χ2v) is 14.3. The number of carbonyl (C=O) groups excluding carboxylic acids is 2. The van der Waals surface area contributed by atoms with Gasteiger partial charge in [-0.1, -0.05) is 12.8 Å². The van der Waals surface area contributed by atoms with Crippen LogP contribution >= 0.6 is 0 Å². The summed E-state index contributed by atoms with van der Waals surface area (Å²) in [5, 5.41) is 7.13. The van der Waals surface area contributed by atoms with E-state index in [-0.39, 0.29) is 22.9 Å². The van der Waals surface area contributed by atoms with Gasteiger partial charge < -0.3 is 10.6 Å². The standard InChI is InChI=1S/C29H44N2O2/c32-26(28-12-18-5-19(13-28)7-20(6-18)14-28)30-24-3-1-2-4-25(11-24)31-27(33)29-15-21-8-22(16-29)10-23(9-21)17-29/h18-25H,1-17H2,(H,30,32)(H,31,33). The second-order valence-electron chi connectivity index (χ2n) is 14.3. The Hall–Kier alpha value is -1.06. The molecule has 0 aliphatic heterocycles. The summed E-state index contributed by atoms with van der Waals surface area (Å²) in [7, 11) is 0. The highest BCUT2D eigenvalue weighted by molar-refractivity contribution is 5.84. The van der Waals surface area contributed by atoms with E-state index in [4.69, 9.17) is 0 Å². The van der Waals surface area contributed by atoms with Crippen molar-refractivity contribution in [3.05, 3.63) is 0 Å². The smallest absolute Gasteiger partial charge is 0.226 e. The summed E-state index contributed by atoms with van der Waals surface area (Å²) in [6, 6.07) is 0.490. The molecule has 9 aliphatic carbocycles. The van der Waals surface area contributed by atoms with E-state index in [1.165, 1.54) is 51.4 Å². The molecule has 9 saturated carbocycles. The molecule has 4 nitrogen and oxygen atoms in total. The number of carbonyl (C=O) groups is 2. The first-order valence-electron chi connectivity index (χ1n) is 14.6. The predicted molar refractivity (Wildman–Crippen MR) is 128 cm³/mol. The quantitative estimate of drug-likeness (QED) is 0.565. The van der Waals surface area contributed by atoms with Crippen LogP contribution in [0, 0.1) is 46.3 Å². The van der Waals surface area contributed by atoms with Crippen molar-refractivity contribution in [2.24, 2.45) is 46.3 Å². The van der Waals surface area contributed by atoms with Crippen LogP contribution in [-0.2, 0) is 9.59 Å². The van der Waals surface area contributed by atoms with E-state index >= 15 is 0 Å². The molecule has 33 heavy (non-hydrogen) atoms. The molecule has 0 aromatic heterocycles. The number of hydrogen-bond acceptors (Lipinski definition) is 2. The third kappa shape index (κ3) is 3.68. The van der Waals surface area contributed by atoms with Crippen LogP contribution in [0.25, 0.3) is 0 Å². The van der Waals surface area contributed by atoms with Gasteiger partial charge in [0.15, 0.2) is 0 Å². The monoisotopic (exact) mass is 452 g/mol. The lowest BCUT2D eigenvalue weighted by Gasteiger charge is -2.56. The second kappa shape index (κ2) is 7.72. The lowest BCUT2D eigenvalue weighted by atomic mass is 9.49. The van der Waals surface area contributed by atoms with Crippen molar-refractivity contribution in [1.29, 1.82) is 0 Å². The molecule has 0 spiro atoms. The number of amides is 2. The van der Waals surface area contributed by atoms with Crippen LogP contribution in [0.15, 0.2) is 0 Å². The van der Waals surface area contributed by atoms with Crippen molar-refractivity contribution in [3.63, 3.8) is 0 Å². The molecule has 0 radical (unpaired) electrons. The normalized spacial score (nSPS) is 51.9. The molecule has 0 saturated heterocycles. The highest BCUT2D eigenvalue weighted by atomic mass is 16.2. The Morgan fingerprint density at radius 1 is 0.485 bits per heavy atom. The third-order valence-electron chi connectivity index (χ3n) is 11.6. The van der Waals surface area contributed by atoms with Gasteiger partial charge in [0, 0.05) is 22.9 Å². The lowest BCUT2D eigenvalue weighted by Crippen LogP contribution is -2.57. The highest BCUT2D eigenvalue weighted by Crippen LogP contribution is 2.61. The largest absolute Gasteiger partial charge is 0.353 e. The Morgan fingerprint density at radius 2 is 0.788 bits per heavy atom. The molecule has 9 fully saturated rings. The van der Waals surface area contributed by atoms with E-state index in [1.807, 2.05) is 0 Å². The Labute approximate surface area is 199 Å². The van der Waals surface area contributed by atoms with Gasteiger partial charge in [0.1, 0.15) is 0 Å². The number of rotatable bonds is 4. The van der Waals surface area contributed by atoms with Gasteiger partial charge in [-0.15, -0.1) is 0 Å². The van der Waals surface area contributed by atoms with Crippen LogP contribution in [0.5, 0.6) is 0 Å². The summed E-state index contributed by atoms with van der Waals surface area (Å²) in [6.07, 6.45) is 20.6. The van der Waals surface area contributed by atoms with E-state index in [9.17, 15) is 9.59 Å². The molecule has 2 unspecified atom stereocenters. The Morgan fingerprint density at radius 3 is 1.09 bits per heavy atom. The van der Waals surface area contributed by atoms with Crippen LogP contribution in [0.1, 0.15) is 109 Å². The van der Waals surface area contributed by atoms with E-state index in [0.29, 0.717) is 11.8 Å². The molecular formula is C29H44N2O2. The molecule has 8 bridgehead atoms. The molecule has 2 amide bonds. The summed E-state index contributed by atoms with van der Waals surface area (Å²) in [4.78, 5) is 27.3. The van der Waals surface area contributed by atoms with Gasteiger partial charge in [-0.2, -0.15) is 0 Å². The van der Waals surface area contributed by atoms with E-state index in [1.54, 1.807) is 0 Å². The van der Waals surface area contributed by atoms with Crippen molar-refractivity contribution in [1.82, 2.24) is 10.6 Å². The topological polar surface area (TPSA) is 58.2 Å². The molecule has 2 N–H and O–H groups in total. The summed E-state index contributed by atoms with van der Waals surface area (Å²) in [6.45, 7) is 0. The minimum Gasteiger partial charge on any atom is -0.353 e. The average Bonchev–Trinajstić information content (AvgIpc) is 2.96. The summed E-state index contributed by atoms with van der Waals surface area (Å²) in [5.41, 5.74) is -0.113. The molecule has 182 valence electrons. The van der Waals surface area contributed by atoms with Crippen molar-refractivity contribution in [2.75, 3.05) is 0 Å². The van der Waals surface area contributed by atoms with Crippen molar-refractivity contribution >= 4 is 11.8 Å². The van der Waals surface area contributed by atoms with Crippen molar-refractivity contribution < 1.29 is 9.59 Å². The number of nitrogens with one attached hydrogen (secondary N) is 2. The fraction of sp³-hybridized carbons (Fsp3) is 0.931. The van der Waals surface area contributed by atoms with E-state index in [2.05, 4.69) is 10.6 Å². The molecule has 0 aromatic rings. The van der Waals surface area contributed by atoms with Crippen molar-refractivity contribution in [3.8, 4) is 0 Å². The van der Waals surface area contributed by atoms with Gasteiger partial charge in [-0.25, -0.2) is 0 Å². The van der Waals surface area contributed by atoms with Crippen LogP contribution in [0.4, 0.5) is 0 Å². The van der Waals surface area contributed by atoms with Gasteiger partial charge in [0.2, 0.25) is 11.8 Å². The fourth-order valence-corrected chi connectivity index (χ4v) is 11.1. The Balaban J connectivity index is 1.00. The highest BCUT2D eigenvalue weighted by Gasteiger charge is 2.56. The predicted octanol–water partition coefficient (Wildman–Crippen LogP) is 5.35. The minimum atomic E-state index is -0.0566. The van der Waals surface area contributed by atoms with Gasteiger partial charge in [-0.05, 0) is 132 Å². The molecular weight excluding hydrogens is 408 g/mol. The Bertz CT molecular complexity index is 682.